The molecule has 2 heteroatoms. The van der Waals surface area contributed by atoms with Crippen LogP contribution in [0.25, 0.3) is 0 Å². The second-order valence-corrected chi connectivity index (χ2v) is 4.77. The van der Waals surface area contributed by atoms with E-state index in [0.29, 0.717) is 5.38 Å². The van der Waals surface area contributed by atoms with Crippen molar-refractivity contribution in [2.75, 3.05) is 0 Å². The molecule has 1 fully saturated rings. The highest BCUT2D eigenvalue weighted by molar-refractivity contribution is 6.20. The highest BCUT2D eigenvalue weighted by Crippen LogP contribution is 2.29. The van der Waals surface area contributed by atoms with Crippen LogP contribution in [0.3, 0.4) is 0 Å². The molecule has 0 aliphatic heterocycles. The van der Waals surface area contributed by atoms with E-state index in [9.17, 15) is 0 Å². The van der Waals surface area contributed by atoms with E-state index in [2.05, 4.69) is 17.1 Å². The molecule has 1 aliphatic rings. The zero-order valence-corrected chi connectivity index (χ0v) is 9.08. The van der Waals surface area contributed by atoms with Crippen molar-refractivity contribution in [3.63, 3.8) is 0 Å². The van der Waals surface area contributed by atoms with Gasteiger partial charge >= 0.3 is 0 Å². The van der Waals surface area contributed by atoms with Gasteiger partial charge in [0.2, 0.25) is 0 Å². The summed E-state index contributed by atoms with van der Waals surface area (Å²) in [5, 5.41) is 0.400. The average molecular weight is 210 g/mol. The summed E-state index contributed by atoms with van der Waals surface area (Å²) in [5.74, 6) is 0.751. The molecule has 0 amide bonds. The van der Waals surface area contributed by atoms with Gasteiger partial charge in [-0.2, -0.15) is 0 Å². The first kappa shape index (κ1) is 9.97. The van der Waals surface area contributed by atoms with Crippen LogP contribution in [-0.4, -0.2) is 10.4 Å². The number of pyridine rings is 1. The minimum atomic E-state index is 0.400. The second-order valence-electron chi connectivity index (χ2n) is 4.16. The lowest BCUT2D eigenvalue weighted by molar-refractivity contribution is 0.359. The molecule has 1 aromatic heterocycles. The molecule has 0 radical (unpaired) electrons. The third-order valence-corrected chi connectivity index (χ3v) is 3.34. The molecule has 2 atom stereocenters. The Labute approximate surface area is 90.5 Å². The Balaban J connectivity index is 1.91. The zero-order chi connectivity index (χ0) is 9.80. The van der Waals surface area contributed by atoms with Gasteiger partial charge in [0.25, 0.3) is 0 Å². The van der Waals surface area contributed by atoms with Gasteiger partial charge in [0.15, 0.2) is 0 Å². The van der Waals surface area contributed by atoms with Crippen molar-refractivity contribution in [2.24, 2.45) is 5.92 Å². The molecule has 76 valence electrons. The summed E-state index contributed by atoms with van der Waals surface area (Å²) in [6.45, 7) is 0. The Hall–Kier alpha value is -0.560. The monoisotopic (exact) mass is 209 g/mol. The average Bonchev–Trinajstić information content (AvgIpc) is 2.19. The van der Waals surface area contributed by atoms with Crippen LogP contribution in [-0.2, 0) is 6.42 Å². The van der Waals surface area contributed by atoms with E-state index >= 15 is 0 Å². The maximum Gasteiger partial charge on any atom is 0.0406 e. The van der Waals surface area contributed by atoms with Crippen LogP contribution in [0.15, 0.2) is 24.4 Å². The molecule has 1 aromatic rings. The van der Waals surface area contributed by atoms with Crippen molar-refractivity contribution in [1.29, 1.82) is 0 Å². The van der Waals surface area contributed by atoms with Crippen molar-refractivity contribution in [2.45, 2.75) is 37.5 Å². The third kappa shape index (κ3) is 2.71. The van der Waals surface area contributed by atoms with E-state index in [1.165, 1.54) is 25.0 Å². The predicted molar refractivity (Wildman–Crippen MR) is 59.5 cm³/mol. The maximum absolute atomic E-state index is 6.16. The Bertz CT molecular complexity index is 273. The molecule has 1 heterocycles. The van der Waals surface area contributed by atoms with Gasteiger partial charge in [-0.3, -0.25) is 4.98 Å². The van der Waals surface area contributed by atoms with Crippen LogP contribution in [0.5, 0.6) is 0 Å². The van der Waals surface area contributed by atoms with Gasteiger partial charge in [0, 0.05) is 17.3 Å². The summed E-state index contributed by atoms with van der Waals surface area (Å²) in [6, 6.07) is 6.13. The highest BCUT2D eigenvalue weighted by Gasteiger charge is 2.20. The maximum atomic E-state index is 6.16. The van der Waals surface area contributed by atoms with Gasteiger partial charge in [0.05, 0.1) is 0 Å². The fourth-order valence-corrected chi connectivity index (χ4v) is 2.63. The molecule has 2 rings (SSSR count). The normalized spacial score (nSPS) is 27.5. The molecule has 0 N–H and O–H groups in total. The lowest BCUT2D eigenvalue weighted by atomic mass is 9.86. The second kappa shape index (κ2) is 4.79. The number of rotatable bonds is 2. The van der Waals surface area contributed by atoms with Crippen molar-refractivity contribution in [3.8, 4) is 0 Å². The minimum absolute atomic E-state index is 0.400. The van der Waals surface area contributed by atoms with Crippen LogP contribution in [0.2, 0.25) is 0 Å². The number of aromatic nitrogens is 1. The van der Waals surface area contributed by atoms with E-state index in [1.54, 1.807) is 0 Å². The first-order valence-electron chi connectivity index (χ1n) is 5.38. The standard InChI is InChI=1S/C12H16ClN/c13-11-5-3-4-10(8-11)9-12-6-1-2-7-14-12/h1-2,6-7,10-11H,3-5,8-9H2. The summed E-state index contributed by atoms with van der Waals surface area (Å²) in [4.78, 5) is 4.35. The number of hydrogen-bond acceptors (Lipinski definition) is 1. The van der Waals surface area contributed by atoms with Gasteiger partial charge in [-0.1, -0.05) is 12.5 Å². The summed E-state index contributed by atoms with van der Waals surface area (Å²) in [5.41, 5.74) is 1.21. The first-order chi connectivity index (χ1) is 6.84. The fourth-order valence-electron chi connectivity index (χ4n) is 2.23. The van der Waals surface area contributed by atoms with E-state index in [-0.39, 0.29) is 0 Å². The smallest absolute Gasteiger partial charge is 0.0406 e. The quantitative estimate of drug-likeness (QED) is 0.681. The summed E-state index contributed by atoms with van der Waals surface area (Å²) < 4.78 is 0. The van der Waals surface area contributed by atoms with E-state index in [1.807, 2.05) is 12.3 Å². The molecule has 0 saturated heterocycles. The molecular weight excluding hydrogens is 194 g/mol. The van der Waals surface area contributed by atoms with Crippen molar-refractivity contribution < 1.29 is 0 Å². The van der Waals surface area contributed by atoms with E-state index < -0.39 is 0 Å². The largest absolute Gasteiger partial charge is 0.261 e. The molecule has 0 spiro atoms. The zero-order valence-electron chi connectivity index (χ0n) is 8.32. The number of hydrogen-bond donors (Lipinski definition) is 0. The van der Waals surface area contributed by atoms with Crippen LogP contribution >= 0.6 is 11.6 Å². The lowest BCUT2D eigenvalue weighted by Gasteiger charge is -2.24. The Kier molecular flexibility index (Phi) is 3.41. The van der Waals surface area contributed by atoms with Gasteiger partial charge in [0.1, 0.15) is 0 Å². The van der Waals surface area contributed by atoms with Gasteiger partial charge in [-0.05, 0) is 43.7 Å². The predicted octanol–water partition coefficient (Wildman–Crippen LogP) is 3.42. The Morgan fingerprint density at radius 2 is 2.29 bits per heavy atom. The van der Waals surface area contributed by atoms with Gasteiger partial charge < -0.3 is 0 Å². The van der Waals surface area contributed by atoms with Gasteiger partial charge in [-0.25, -0.2) is 0 Å². The molecule has 1 aliphatic carbocycles. The molecular formula is C12H16ClN. The summed E-state index contributed by atoms with van der Waals surface area (Å²) >= 11 is 6.16. The molecule has 0 aromatic carbocycles. The van der Waals surface area contributed by atoms with Crippen molar-refractivity contribution >= 4 is 11.6 Å². The molecule has 14 heavy (non-hydrogen) atoms. The van der Waals surface area contributed by atoms with Crippen LogP contribution in [0.1, 0.15) is 31.4 Å². The molecule has 2 unspecified atom stereocenters. The van der Waals surface area contributed by atoms with E-state index in [0.717, 1.165) is 18.8 Å². The van der Waals surface area contributed by atoms with Crippen molar-refractivity contribution in [1.82, 2.24) is 4.98 Å². The van der Waals surface area contributed by atoms with E-state index in [4.69, 9.17) is 11.6 Å². The highest BCUT2D eigenvalue weighted by atomic mass is 35.5. The topological polar surface area (TPSA) is 12.9 Å². The number of alkyl halides is 1. The molecule has 1 nitrogen and oxygen atoms in total. The SMILES string of the molecule is ClC1CCCC(Cc2ccccn2)C1. The molecule has 1 saturated carbocycles. The van der Waals surface area contributed by atoms with Crippen LogP contribution < -0.4 is 0 Å². The lowest BCUT2D eigenvalue weighted by Crippen LogP contribution is -2.17. The fraction of sp³-hybridized carbons (Fsp3) is 0.583. The van der Waals surface area contributed by atoms with Crippen LogP contribution in [0, 0.1) is 5.92 Å². The number of nitrogens with zero attached hydrogens (tertiary/aromatic N) is 1. The Morgan fingerprint density at radius 3 is 3.00 bits per heavy atom. The Morgan fingerprint density at radius 1 is 1.36 bits per heavy atom. The summed E-state index contributed by atoms with van der Waals surface area (Å²) in [7, 11) is 0. The summed E-state index contributed by atoms with van der Waals surface area (Å²) in [6.07, 6.45) is 7.93. The van der Waals surface area contributed by atoms with Crippen LogP contribution in [0.4, 0.5) is 0 Å². The first-order valence-corrected chi connectivity index (χ1v) is 5.82. The van der Waals surface area contributed by atoms with Crippen molar-refractivity contribution in [3.05, 3.63) is 30.1 Å². The number of halogens is 1. The van der Waals surface area contributed by atoms with Gasteiger partial charge in [-0.15, -0.1) is 11.6 Å². The third-order valence-electron chi connectivity index (χ3n) is 2.94. The minimum Gasteiger partial charge on any atom is -0.261 e. The molecule has 0 bridgehead atoms.